The molecule has 25 heavy (non-hydrogen) atoms. The maximum absolute atomic E-state index is 11.9. The number of para-hydroxylation sites is 1. The SMILES string of the molecule is N#Cc1ccc(/C=C/C(=O)OCc2cc3ccccc3nc2Cl)cc1. The summed E-state index contributed by atoms with van der Waals surface area (Å²) in [6.07, 6.45) is 2.97. The molecule has 0 aliphatic heterocycles. The third kappa shape index (κ3) is 4.23. The monoisotopic (exact) mass is 348 g/mol. The van der Waals surface area contributed by atoms with Crippen LogP contribution in [0.4, 0.5) is 0 Å². The van der Waals surface area contributed by atoms with E-state index in [-0.39, 0.29) is 6.61 Å². The van der Waals surface area contributed by atoms with Crippen molar-refractivity contribution in [3.8, 4) is 6.07 Å². The second-order valence-electron chi connectivity index (χ2n) is 5.31. The Balaban J connectivity index is 1.64. The van der Waals surface area contributed by atoms with Crippen molar-refractivity contribution < 1.29 is 9.53 Å². The Labute approximate surface area is 149 Å². The van der Waals surface area contributed by atoms with Gasteiger partial charge in [-0.3, -0.25) is 0 Å². The van der Waals surface area contributed by atoms with Crippen molar-refractivity contribution in [1.29, 1.82) is 5.26 Å². The summed E-state index contributed by atoms with van der Waals surface area (Å²) in [6, 6.07) is 18.4. The van der Waals surface area contributed by atoms with E-state index in [1.54, 1.807) is 30.3 Å². The molecule has 2 aromatic carbocycles. The molecule has 0 saturated carbocycles. The zero-order valence-electron chi connectivity index (χ0n) is 13.1. The zero-order valence-corrected chi connectivity index (χ0v) is 13.9. The number of nitriles is 1. The Morgan fingerprint density at radius 2 is 1.96 bits per heavy atom. The molecule has 0 spiro atoms. The highest BCUT2D eigenvalue weighted by Gasteiger charge is 2.07. The fourth-order valence-corrected chi connectivity index (χ4v) is 2.47. The van der Waals surface area contributed by atoms with E-state index in [4.69, 9.17) is 21.6 Å². The number of carbonyl (C=O) groups is 1. The molecule has 0 aliphatic rings. The molecule has 0 unspecified atom stereocenters. The lowest BCUT2D eigenvalue weighted by molar-refractivity contribution is -0.138. The summed E-state index contributed by atoms with van der Waals surface area (Å²) in [4.78, 5) is 16.2. The second-order valence-corrected chi connectivity index (χ2v) is 5.66. The highest BCUT2D eigenvalue weighted by Crippen LogP contribution is 2.21. The lowest BCUT2D eigenvalue weighted by Gasteiger charge is -2.06. The molecule has 1 heterocycles. The zero-order chi connectivity index (χ0) is 17.6. The first kappa shape index (κ1) is 16.7. The first-order valence-electron chi connectivity index (χ1n) is 7.55. The Hall–Kier alpha value is -3.16. The molecule has 4 nitrogen and oxygen atoms in total. The molecule has 0 aliphatic carbocycles. The van der Waals surface area contributed by atoms with E-state index in [0.717, 1.165) is 16.5 Å². The van der Waals surface area contributed by atoms with Gasteiger partial charge in [-0.05, 0) is 35.9 Å². The molecule has 3 rings (SSSR count). The van der Waals surface area contributed by atoms with Crippen LogP contribution in [0.2, 0.25) is 5.15 Å². The minimum absolute atomic E-state index is 0.0488. The number of aromatic nitrogens is 1. The standard InChI is InChI=1S/C20H13ClN2O2/c21-20-17(11-16-3-1-2-4-18(16)23-20)13-25-19(24)10-9-14-5-7-15(12-22)8-6-14/h1-11H,13H2/b10-9+. The molecule has 122 valence electrons. The molecule has 0 bridgehead atoms. The van der Waals surface area contributed by atoms with Crippen LogP contribution in [0.15, 0.2) is 60.7 Å². The fraction of sp³-hybridized carbons (Fsp3) is 0.0500. The van der Waals surface area contributed by atoms with Crippen molar-refractivity contribution in [3.05, 3.63) is 82.5 Å². The molecule has 5 heteroatoms. The number of esters is 1. The van der Waals surface area contributed by atoms with Gasteiger partial charge in [0.05, 0.1) is 17.1 Å². The van der Waals surface area contributed by atoms with Crippen LogP contribution in [0.1, 0.15) is 16.7 Å². The molecule has 1 aromatic heterocycles. The minimum atomic E-state index is -0.478. The van der Waals surface area contributed by atoms with E-state index < -0.39 is 5.97 Å². The smallest absolute Gasteiger partial charge is 0.331 e. The maximum Gasteiger partial charge on any atom is 0.331 e. The van der Waals surface area contributed by atoms with E-state index >= 15 is 0 Å². The number of hydrogen-bond acceptors (Lipinski definition) is 4. The summed E-state index contributed by atoms with van der Waals surface area (Å²) in [5, 5.41) is 10.0. The summed E-state index contributed by atoms with van der Waals surface area (Å²) < 4.78 is 5.22. The molecule has 0 N–H and O–H groups in total. The van der Waals surface area contributed by atoms with Crippen molar-refractivity contribution in [2.75, 3.05) is 0 Å². The van der Waals surface area contributed by atoms with Gasteiger partial charge in [-0.25, -0.2) is 9.78 Å². The Morgan fingerprint density at radius 3 is 2.72 bits per heavy atom. The van der Waals surface area contributed by atoms with Gasteiger partial charge in [-0.2, -0.15) is 5.26 Å². The van der Waals surface area contributed by atoms with Gasteiger partial charge in [-0.1, -0.05) is 41.9 Å². The molecule has 3 aromatic rings. The number of pyridine rings is 1. The molecular weight excluding hydrogens is 336 g/mol. The summed E-state index contributed by atoms with van der Waals surface area (Å²) in [7, 11) is 0. The van der Waals surface area contributed by atoms with Gasteiger partial charge in [0.2, 0.25) is 0 Å². The topological polar surface area (TPSA) is 63.0 Å². The van der Waals surface area contributed by atoms with Crippen LogP contribution in [-0.4, -0.2) is 11.0 Å². The van der Waals surface area contributed by atoms with Crippen molar-refractivity contribution in [2.45, 2.75) is 6.61 Å². The molecular formula is C20H13ClN2O2. The van der Waals surface area contributed by atoms with Crippen molar-refractivity contribution >= 4 is 34.5 Å². The maximum atomic E-state index is 11.9. The average molecular weight is 349 g/mol. The highest BCUT2D eigenvalue weighted by atomic mass is 35.5. The van der Waals surface area contributed by atoms with Gasteiger partial charge in [0.25, 0.3) is 0 Å². The van der Waals surface area contributed by atoms with Crippen molar-refractivity contribution in [3.63, 3.8) is 0 Å². The number of ether oxygens (including phenoxy) is 1. The number of halogens is 1. The molecule has 0 atom stereocenters. The summed E-state index contributed by atoms with van der Waals surface area (Å²) in [6.45, 7) is 0.0488. The van der Waals surface area contributed by atoms with E-state index in [9.17, 15) is 4.79 Å². The van der Waals surface area contributed by atoms with Crippen LogP contribution in [-0.2, 0) is 16.1 Å². The van der Waals surface area contributed by atoms with Gasteiger partial charge in [0.1, 0.15) is 11.8 Å². The van der Waals surface area contributed by atoms with Crippen LogP contribution < -0.4 is 0 Å². The summed E-state index contributed by atoms with van der Waals surface area (Å²) in [5.74, 6) is -0.478. The lowest BCUT2D eigenvalue weighted by atomic mass is 10.1. The number of hydrogen-bond donors (Lipinski definition) is 0. The highest BCUT2D eigenvalue weighted by molar-refractivity contribution is 6.30. The van der Waals surface area contributed by atoms with Gasteiger partial charge in [0, 0.05) is 17.0 Å². The molecule has 0 saturated heterocycles. The largest absolute Gasteiger partial charge is 0.458 e. The predicted octanol–water partition coefficient (Wildman–Crippen LogP) is 4.52. The van der Waals surface area contributed by atoms with Gasteiger partial charge in [-0.15, -0.1) is 0 Å². The molecule has 0 radical (unpaired) electrons. The van der Waals surface area contributed by atoms with E-state index in [1.807, 2.05) is 36.4 Å². The number of carbonyl (C=O) groups excluding carboxylic acids is 1. The van der Waals surface area contributed by atoms with Gasteiger partial charge >= 0.3 is 5.97 Å². The van der Waals surface area contributed by atoms with E-state index in [2.05, 4.69) is 4.98 Å². The van der Waals surface area contributed by atoms with E-state index in [0.29, 0.717) is 16.3 Å². The first-order chi connectivity index (χ1) is 12.2. The van der Waals surface area contributed by atoms with Gasteiger partial charge < -0.3 is 4.74 Å². The molecule has 0 amide bonds. The number of benzene rings is 2. The number of nitrogens with zero attached hydrogens (tertiary/aromatic N) is 2. The Morgan fingerprint density at radius 1 is 1.20 bits per heavy atom. The Kier molecular flexibility index (Phi) is 5.08. The predicted molar refractivity (Wildman–Crippen MR) is 96.7 cm³/mol. The average Bonchev–Trinajstić information content (AvgIpc) is 2.65. The van der Waals surface area contributed by atoms with Crippen LogP contribution in [0, 0.1) is 11.3 Å². The van der Waals surface area contributed by atoms with Crippen LogP contribution in [0.3, 0.4) is 0 Å². The lowest BCUT2D eigenvalue weighted by Crippen LogP contribution is -2.02. The normalized spacial score (nSPS) is 10.7. The first-order valence-corrected chi connectivity index (χ1v) is 7.92. The quantitative estimate of drug-likeness (QED) is 0.395. The van der Waals surface area contributed by atoms with Crippen molar-refractivity contribution in [2.24, 2.45) is 0 Å². The number of fused-ring (bicyclic) bond motifs is 1. The van der Waals surface area contributed by atoms with Gasteiger partial charge in [0.15, 0.2) is 0 Å². The van der Waals surface area contributed by atoms with E-state index in [1.165, 1.54) is 6.08 Å². The fourth-order valence-electron chi connectivity index (χ4n) is 2.27. The van der Waals surface area contributed by atoms with Crippen LogP contribution >= 0.6 is 11.6 Å². The minimum Gasteiger partial charge on any atom is -0.458 e. The summed E-state index contributed by atoms with van der Waals surface area (Å²) in [5.41, 5.74) is 2.82. The van der Waals surface area contributed by atoms with Crippen molar-refractivity contribution in [1.82, 2.24) is 4.98 Å². The molecule has 0 fully saturated rings. The Bertz CT molecular complexity index is 989. The third-order valence-electron chi connectivity index (χ3n) is 3.57. The van der Waals surface area contributed by atoms with Crippen LogP contribution in [0.5, 0.6) is 0 Å². The second kappa shape index (κ2) is 7.61. The number of rotatable bonds is 4. The third-order valence-corrected chi connectivity index (χ3v) is 3.90. The summed E-state index contributed by atoms with van der Waals surface area (Å²) >= 11 is 6.14. The van der Waals surface area contributed by atoms with Crippen LogP contribution in [0.25, 0.3) is 17.0 Å².